The van der Waals surface area contributed by atoms with E-state index < -0.39 is 0 Å². The van der Waals surface area contributed by atoms with E-state index in [0.717, 1.165) is 38.5 Å². The van der Waals surface area contributed by atoms with Crippen molar-refractivity contribution in [1.29, 1.82) is 0 Å². The molecular formula is C12H17N2O-. The molecule has 1 heterocycles. The SMILES string of the molecule is C[N-]c1ccc(CN2CCOCC2)cc1. The lowest BCUT2D eigenvalue weighted by molar-refractivity contribution is 0.0342. The highest BCUT2D eigenvalue weighted by molar-refractivity contribution is 5.48. The number of hydrogen-bond acceptors (Lipinski definition) is 2. The maximum absolute atomic E-state index is 5.32. The van der Waals surface area contributed by atoms with Gasteiger partial charge in [-0.2, -0.15) is 0 Å². The smallest absolute Gasteiger partial charge is 0.0594 e. The summed E-state index contributed by atoms with van der Waals surface area (Å²) in [4.78, 5) is 2.42. The number of hydrogen-bond donors (Lipinski definition) is 0. The van der Waals surface area contributed by atoms with E-state index in [1.165, 1.54) is 5.56 Å². The highest BCUT2D eigenvalue weighted by atomic mass is 16.5. The molecule has 0 radical (unpaired) electrons. The van der Waals surface area contributed by atoms with Crippen molar-refractivity contribution in [3.05, 3.63) is 35.1 Å². The maximum Gasteiger partial charge on any atom is 0.0594 e. The summed E-state index contributed by atoms with van der Waals surface area (Å²) >= 11 is 0. The highest BCUT2D eigenvalue weighted by Crippen LogP contribution is 2.17. The van der Waals surface area contributed by atoms with Crippen LogP contribution in [0, 0.1) is 0 Å². The van der Waals surface area contributed by atoms with Crippen LogP contribution in [0.25, 0.3) is 5.32 Å². The summed E-state index contributed by atoms with van der Waals surface area (Å²) in [6, 6.07) is 8.43. The van der Waals surface area contributed by atoms with Crippen LogP contribution >= 0.6 is 0 Å². The van der Waals surface area contributed by atoms with Crippen LogP contribution in [0.1, 0.15) is 5.56 Å². The van der Waals surface area contributed by atoms with Crippen molar-refractivity contribution >= 4 is 5.69 Å². The Morgan fingerprint density at radius 2 is 1.87 bits per heavy atom. The van der Waals surface area contributed by atoms with E-state index in [4.69, 9.17) is 4.74 Å². The Hall–Kier alpha value is -1.06. The number of ether oxygens (including phenoxy) is 1. The van der Waals surface area contributed by atoms with E-state index in [1.807, 2.05) is 7.05 Å². The summed E-state index contributed by atoms with van der Waals surface area (Å²) in [6.07, 6.45) is 0. The van der Waals surface area contributed by atoms with Crippen LogP contribution in [0.5, 0.6) is 0 Å². The first-order valence-corrected chi connectivity index (χ1v) is 5.37. The number of rotatable bonds is 3. The maximum atomic E-state index is 5.32. The molecule has 1 aromatic rings. The van der Waals surface area contributed by atoms with Crippen molar-refractivity contribution in [3.63, 3.8) is 0 Å². The molecule has 0 saturated carbocycles. The predicted octanol–water partition coefficient (Wildman–Crippen LogP) is 2.15. The third-order valence-electron chi connectivity index (χ3n) is 2.70. The summed E-state index contributed by atoms with van der Waals surface area (Å²) in [7, 11) is 1.82. The van der Waals surface area contributed by atoms with Crippen LogP contribution in [-0.2, 0) is 11.3 Å². The van der Waals surface area contributed by atoms with Gasteiger partial charge in [0.15, 0.2) is 0 Å². The van der Waals surface area contributed by atoms with E-state index in [1.54, 1.807) is 0 Å². The largest absolute Gasteiger partial charge is 0.687 e. The van der Waals surface area contributed by atoms with Gasteiger partial charge in [-0.05, 0) is 5.56 Å². The third-order valence-corrected chi connectivity index (χ3v) is 2.70. The first-order valence-electron chi connectivity index (χ1n) is 5.37. The fourth-order valence-corrected chi connectivity index (χ4v) is 1.77. The molecular weight excluding hydrogens is 188 g/mol. The minimum atomic E-state index is 0.863. The fraction of sp³-hybridized carbons (Fsp3) is 0.500. The lowest BCUT2D eigenvalue weighted by Gasteiger charge is -2.26. The number of nitrogens with zero attached hydrogens (tertiary/aromatic N) is 2. The van der Waals surface area contributed by atoms with Gasteiger partial charge in [0, 0.05) is 19.6 Å². The lowest BCUT2D eigenvalue weighted by Crippen LogP contribution is -2.35. The Morgan fingerprint density at radius 1 is 1.20 bits per heavy atom. The standard InChI is InChI=1S/C12H17N2O/c1-13-12-4-2-11(3-5-12)10-14-6-8-15-9-7-14/h2-5H,6-10H2,1H3/q-1. The Bertz CT molecular complexity index is 291. The zero-order chi connectivity index (χ0) is 10.5. The van der Waals surface area contributed by atoms with Gasteiger partial charge in [-0.3, -0.25) is 4.90 Å². The zero-order valence-corrected chi connectivity index (χ0v) is 9.15. The van der Waals surface area contributed by atoms with Crippen molar-refractivity contribution in [1.82, 2.24) is 4.90 Å². The number of benzene rings is 1. The minimum Gasteiger partial charge on any atom is -0.687 e. The average molecular weight is 205 g/mol. The molecule has 0 N–H and O–H groups in total. The van der Waals surface area contributed by atoms with Gasteiger partial charge in [-0.1, -0.05) is 24.3 Å². The van der Waals surface area contributed by atoms with Gasteiger partial charge in [-0.15, -0.1) is 12.7 Å². The summed E-state index contributed by atoms with van der Waals surface area (Å²) in [5.74, 6) is 0. The topological polar surface area (TPSA) is 26.6 Å². The van der Waals surface area contributed by atoms with Gasteiger partial charge in [-0.25, -0.2) is 0 Å². The van der Waals surface area contributed by atoms with Gasteiger partial charge >= 0.3 is 0 Å². The predicted molar refractivity (Wildman–Crippen MR) is 61.5 cm³/mol. The molecule has 3 heteroatoms. The first-order chi connectivity index (χ1) is 7.38. The molecule has 1 aromatic carbocycles. The van der Waals surface area contributed by atoms with Crippen molar-refractivity contribution in [2.75, 3.05) is 33.4 Å². The zero-order valence-electron chi connectivity index (χ0n) is 9.15. The van der Waals surface area contributed by atoms with Crippen LogP contribution in [0.15, 0.2) is 24.3 Å². The van der Waals surface area contributed by atoms with Gasteiger partial charge in [0.25, 0.3) is 0 Å². The van der Waals surface area contributed by atoms with Gasteiger partial charge < -0.3 is 10.1 Å². The van der Waals surface area contributed by atoms with Gasteiger partial charge in [0.1, 0.15) is 0 Å². The Balaban J connectivity index is 1.91. The molecule has 0 amide bonds. The molecule has 1 aliphatic heterocycles. The van der Waals surface area contributed by atoms with E-state index in [-0.39, 0.29) is 0 Å². The summed E-state index contributed by atoms with van der Waals surface area (Å²) in [5, 5.41) is 4.12. The molecule has 0 spiro atoms. The molecule has 0 bridgehead atoms. The van der Waals surface area contributed by atoms with Crippen molar-refractivity contribution in [2.45, 2.75) is 6.54 Å². The highest BCUT2D eigenvalue weighted by Gasteiger charge is 2.09. The number of morpholine rings is 1. The van der Waals surface area contributed by atoms with Crippen LogP contribution in [0.3, 0.4) is 0 Å². The molecule has 1 aliphatic rings. The Kier molecular flexibility index (Phi) is 3.59. The Labute approximate surface area is 91.0 Å². The van der Waals surface area contributed by atoms with Crippen molar-refractivity contribution in [2.24, 2.45) is 0 Å². The van der Waals surface area contributed by atoms with Gasteiger partial charge in [0.05, 0.1) is 13.2 Å². The molecule has 15 heavy (non-hydrogen) atoms. The van der Waals surface area contributed by atoms with Crippen molar-refractivity contribution < 1.29 is 4.74 Å². The molecule has 82 valence electrons. The second-order valence-corrected chi connectivity index (χ2v) is 3.78. The summed E-state index contributed by atoms with van der Waals surface area (Å²) < 4.78 is 5.32. The van der Waals surface area contributed by atoms with Gasteiger partial charge in [0.2, 0.25) is 0 Å². The molecule has 2 rings (SSSR count). The van der Waals surface area contributed by atoms with E-state index in [0.29, 0.717) is 0 Å². The fourth-order valence-electron chi connectivity index (χ4n) is 1.77. The first kappa shape index (κ1) is 10.5. The molecule has 0 unspecified atom stereocenters. The summed E-state index contributed by atoms with van der Waals surface area (Å²) in [6.45, 7) is 4.83. The summed E-state index contributed by atoms with van der Waals surface area (Å²) in [5.41, 5.74) is 2.39. The monoisotopic (exact) mass is 205 g/mol. The molecule has 0 aromatic heterocycles. The third kappa shape index (κ3) is 2.94. The lowest BCUT2D eigenvalue weighted by atomic mass is 10.2. The molecule has 0 aliphatic carbocycles. The van der Waals surface area contributed by atoms with Crippen LogP contribution < -0.4 is 0 Å². The van der Waals surface area contributed by atoms with Crippen molar-refractivity contribution in [3.8, 4) is 0 Å². The van der Waals surface area contributed by atoms with E-state index >= 15 is 0 Å². The molecule has 1 saturated heterocycles. The minimum absolute atomic E-state index is 0.863. The van der Waals surface area contributed by atoms with E-state index in [2.05, 4.69) is 34.5 Å². The molecule has 3 nitrogen and oxygen atoms in total. The normalized spacial score (nSPS) is 17.7. The van der Waals surface area contributed by atoms with Crippen LogP contribution in [0.2, 0.25) is 0 Å². The Morgan fingerprint density at radius 3 is 2.47 bits per heavy atom. The van der Waals surface area contributed by atoms with E-state index in [9.17, 15) is 0 Å². The average Bonchev–Trinajstić information content (AvgIpc) is 2.31. The quantitative estimate of drug-likeness (QED) is 0.756. The second kappa shape index (κ2) is 5.14. The molecule has 1 fully saturated rings. The van der Waals surface area contributed by atoms with Crippen LogP contribution in [0.4, 0.5) is 5.69 Å². The van der Waals surface area contributed by atoms with Crippen LogP contribution in [-0.4, -0.2) is 38.3 Å². The second-order valence-electron chi connectivity index (χ2n) is 3.78. The molecule has 0 atom stereocenters.